The molecule has 6 heteroatoms. The quantitative estimate of drug-likeness (QED) is 0.181. The number of nitro groups is 1. The summed E-state index contributed by atoms with van der Waals surface area (Å²) in [7, 11) is 0. The van der Waals surface area contributed by atoms with Crippen LogP contribution in [0.3, 0.4) is 0 Å². The van der Waals surface area contributed by atoms with Crippen molar-refractivity contribution in [1.82, 2.24) is 0 Å². The molecular formula is C18H28NO4Zn-. The second kappa shape index (κ2) is 18.1. The van der Waals surface area contributed by atoms with Crippen molar-refractivity contribution in [2.24, 2.45) is 0 Å². The molecule has 0 saturated heterocycles. The van der Waals surface area contributed by atoms with Gasteiger partial charge in [0, 0.05) is 30.8 Å². The van der Waals surface area contributed by atoms with E-state index in [9.17, 15) is 14.9 Å². The molecule has 0 fully saturated rings. The van der Waals surface area contributed by atoms with E-state index in [1.54, 1.807) is 0 Å². The van der Waals surface area contributed by atoms with Crippen LogP contribution in [-0.2, 0) is 24.3 Å². The standard InChI is InChI=1S/C12H24O2.C6H4NO2.Zn/c1-2-3-4-5-6-7-8-9-10-11-12(13)14;8-7(9)6-4-2-1-3-5-6;/h2-11H2,1H3,(H,13,14);2-5H;/q;-1;. The van der Waals surface area contributed by atoms with Crippen LogP contribution in [0.15, 0.2) is 24.3 Å². The largest absolute Gasteiger partial charge is 0.481 e. The number of hydrogen-bond donors (Lipinski definition) is 1. The summed E-state index contributed by atoms with van der Waals surface area (Å²) in [6, 6.07) is 8.51. The first-order valence-electron chi connectivity index (χ1n) is 8.40. The maximum absolute atomic E-state index is 10.2. The van der Waals surface area contributed by atoms with Crippen molar-refractivity contribution in [1.29, 1.82) is 0 Å². The number of nitro benzene ring substituents is 1. The van der Waals surface area contributed by atoms with Crippen molar-refractivity contribution in [2.75, 3.05) is 0 Å². The zero-order valence-electron chi connectivity index (χ0n) is 14.7. The van der Waals surface area contributed by atoms with Crippen LogP contribution in [0.25, 0.3) is 0 Å². The number of nitrogens with zero attached hydrogens (tertiary/aromatic N) is 1. The maximum atomic E-state index is 10.2. The molecule has 132 valence electrons. The van der Waals surface area contributed by atoms with Gasteiger partial charge in [-0.1, -0.05) is 70.4 Å². The fourth-order valence-electron chi connectivity index (χ4n) is 2.09. The maximum Gasteiger partial charge on any atom is 0.303 e. The second-order valence-corrected chi connectivity index (χ2v) is 5.49. The minimum Gasteiger partial charge on any atom is -0.481 e. The Morgan fingerprint density at radius 1 is 1.04 bits per heavy atom. The van der Waals surface area contributed by atoms with E-state index in [-0.39, 0.29) is 25.2 Å². The van der Waals surface area contributed by atoms with E-state index in [0.29, 0.717) is 6.42 Å². The van der Waals surface area contributed by atoms with Crippen molar-refractivity contribution in [3.8, 4) is 0 Å². The number of aliphatic carboxylic acids is 1. The van der Waals surface area contributed by atoms with E-state index in [1.165, 1.54) is 69.2 Å². The van der Waals surface area contributed by atoms with Gasteiger partial charge in [0.05, 0.1) is 0 Å². The Bertz CT molecular complexity index is 426. The number of carbonyl (C=O) groups is 1. The molecule has 0 aliphatic rings. The van der Waals surface area contributed by atoms with Crippen LogP contribution < -0.4 is 0 Å². The first-order valence-corrected chi connectivity index (χ1v) is 8.40. The van der Waals surface area contributed by atoms with Crippen LogP contribution >= 0.6 is 0 Å². The molecule has 0 spiro atoms. The van der Waals surface area contributed by atoms with Crippen LogP contribution in [0, 0.1) is 16.2 Å². The number of carboxylic acids is 1. The molecule has 0 aliphatic heterocycles. The molecule has 1 N–H and O–H groups in total. The van der Waals surface area contributed by atoms with Crippen molar-refractivity contribution in [2.45, 2.75) is 71.1 Å². The molecule has 5 nitrogen and oxygen atoms in total. The number of benzene rings is 1. The van der Waals surface area contributed by atoms with Crippen molar-refractivity contribution >= 4 is 11.7 Å². The average molecular weight is 388 g/mol. The molecular weight excluding hydrogens is 360 g/mol. The van der Waals surface area contributed by atoms with Crippen LogP contribution in [0.1, 0.15) is 71.1 Å². The average Bonchev–Trinajstić information content (AvgIpc) is 2.54. The number of unbranched alkanes of at least 4 members (excludes halogenated alkanes) is 8. The molecule has 0 amide bonds. The van der Waals surface area contributed by atoms with E-state index >= 15 is 0 Å². The van der Waals surface area contributed by atoms with E-state index in [0.717, 1.165) is 12.8 Å². The van der Waals surface area contributed by atoms with Crippen LogP contribution in [0.4, 0.5) is 5.69 Å². The fourth-order valence-corrected chi connectivity index (χ4v) is 2.09. The summed E-state index contributed by atoms with van der Waals surface area (Å²) in [5.74, 6) is -0.659. The molecule has 0 heterocycles. The van der Waals surface area contributed by atoms with Gasteiger partial charge in [0.25, 0.3) is 0 Å². The van der Waals surface area contributed by atoms with Gasteiger partial charge < -0.3 is 5.11 Å². The van der Waals surface area contributed by atoms with Gasteiger partial charge in [-0.05, 0) is 6.42 Å². The van der Waals surface area contributed by atoms with E-state index in [1.807, 2.05) is 0 Å². The van der Waals surface area contributed by atoms with Gasteiger partial charge in [-0.15, -0.1) is 0 Å². The Balaban J connectivity index is 0. The van der Waals surface area contributed by atoms with Gasteiger partial charge in [0.2, 0.25) is 0 Å². The van der Waals surface area contributed by atoms with Crippen LogP contribution in [0.2, 0.25) is 0 Å². The van der Waals surface area contributed by atoms with E-state index < -0.39 is 10.9 Å². The third kappa shape index (κ3) is 17.1. The number of non-ortho nitro benzene ring substituents is 1. The molecule has 0 unspecified atom stereocenters. The zero-order chi connectivity index (χ0) is 17.3. The molecule has 0 aliphatic carbocycles. The Morgan fingerprint density at radius 2 is 1.50 bits per heavy atom. The Morgan fingerprint density at radius 3 is 1.88 bits per heavy atom. The minimum atomic E-state index is -0.659. The van der Waals surface area contributed by atoms with Gasteiger partial charge in [0.15, 0.2) is 5.69 Å². The van der Waals surface area contributed by atoms with Gasteiger partial charge in [0.1, 0.15) is 0 Å². The molecule has 1 rings (SSSR count). The van der Waals surface area contributed by atoms with Crippen molar-refractivity contribution < 1.29 is 34.3 Å². The third-order valence-electron chi connectivity index (χ3n) is 3.41. The molecule has 1 aromatic rings. The Kier molecular flexibility index (Phi) is 18.8. The number of hydrogen-bond acceptors (Lipinski definition) is 3. The van der Waals surface area contributed by atoms with Crippen LogP contribution in [0.5, 0.6) is 0 Å². The Hall–Kier alpha value is -1.29. The summed E-state index contributed by atoms with van der Waals surface area (Å²) in [5, 5.41) is 18.4. The summed E-state index contributed by atoms with van der Waals surface area (Å²) < 4.78 is 0. The number of carboxylic acid groups (broad SMARTS) is 1. The smallest absolute Gasteiger partial charge is 0.303 e. The fraction of sp³-hybridized carbons (Fsp3) is 0.611. The summed E-state index contributed by atoms with van der Waals surface area (Å²) >= 11 is 0. The minimum absolute atomic E-state index is 0. The van der Waals surface area contributed by atoms with E-state index in [4.69, 9.17) is 5.11 Å². The molecule has 0 bridgehead atoms. The normalized spacial score (nSPS) is 9.38. The number of rotatable bonds is 11. The van der Waals surface area contributed by atoms with Gasteiger partial charge in [-0.25, -0.2) is 0 Å². The molecule has 0 saturated carbocycles. The molecule has 24 heavy (non-hydrogen) atoms. The summed E-state index contributed by atoms with van der Waals surface area (Å²) in [6.07, 6.45) is 11.5. The SMILES string of the molecule is CCCCCCCCCCCC(=O)O.O=[N+]([O-])c1cc[c-]cc1.[Zn]. The second-order valence-electron chi connectivity index (χ2n) is 5.49. The zero-order valence-corrected chi connectivity index (χ0v) is 17.7. The van der Waals surface area contributed by atoms with Crippen molar-refractivity contribution in [3.63, 3.8) is 0 Å². The first kappa shape index (κ1) is 25.0. The molecule has 0 radical (unpaired) electrons. The topological polar surface area (TPSA) is 80.4 Å². The third-order valence-corrected chi connectivity index (χ3v) is 3.41. The van der Waals surface area contributed by atoms with Crippen molar-refractivity contribution in [3.05, 3.63) is 40.4 Å². The summed E-state index contributed by atoms with van der Waals surface area (Å²) in [4.78, 5) is 19.8. The van der Waals surface area contributed by atoms with Crippen LogP contribution in [-0.4, -0.2) is 16.0 Å². The predicted molar refractivity (Wildman–Crippen MR) is 91.4 cm³/mol. The van der Waals surface area contributed by atoms with Gasteiger partial charge in [-0.3, -0.25) is 14.9 Å². The van der Waals surface area contributed by atoms with Gasteiger partial charge in [-0.2, -0.15) is 18.2 Å². The summed E-state index contributed by atoms with van der Waals surface area (Å²) in [6.45, 7) is 2.23. The molecule has 0 aromatic heterocycles. The molecule has 0 atom stereocenters. The summed E-state index contributed by atoms with van der Waals surface area (Å²) in [5.41, 5.74) is 0.105. The van der Waals surface area contributed by atoms with E-state index in [2.05, 4.69) is 13.0 Å². The molecule has 1 aromatic carbocycles. The Labute approximate surface area is 157 Å². The first-order chi connectivity index (χ1) is 11.1. The predicted octanol–water partition coefficient (Wildman–Crippen LogP) is 5.38. The monoisotopic (exact) mass is 386 g/mol. The van der Waals surface area contributed by atoms with Gasteiger partial charge >= 0.3 is 5.97 Å².